The van der Waals surface area contributed by atoms with Gasteiger partial charge in [-0.15, -0.1) is 0 Å². The quantitative estimate of drug-likeness (QED) is 0.587. The Morgan fingerprint density at radius 3 is 1.96 bits per heavy atom. The average molecular weight is 456 g/mol. The molecule has 0 saturated heterocycles. The van der Waals surface area contributed by atoms with E-state index < -0.39 is 12.8 Å². The van der Waals surface area contributed by atoms with E-state index in [9.17, 15) is 13.2 Å². The lowest BCUT2D eigenvalue weighted by atomic mass is 10.2. The number of aromatic hydroxyl groups is 1. The number of aryl methyl sites for hydroxylation is 2. The third-order valence-corrected chi connectivity index (χ3v) is 3.70. The highest BCUT2D eigenvalue weighted by Crippen LogP contribution is 2.25. The molecule has 0 bridgehead atoms. The van der Waals surface area contributed by atoms with E-state index in [4.69, 9.17) is 5.11 Å². The van der Waals surface area contributed by atoms with Crippen molar-refractivity contribution >= 4 is 31.9 Å². The Morgan fingerprint density at radius 1 is 0.957 bits per heavy atom. The van der Waals surface area contributed by atoms with Crippen LogP contribution in [0.15, 0.2) is 45.3 Å². The van der Waals surface area contributed by atoms with Crippen molar-refractivity contribution in [2.24, 2.45) is 0 Å². The predicted octanol–water partition coefficient (Wildman–Crippen LogP) is 6.16. The van der Waals surface area contributed by atoms with E-state index in [1.165, 1.54) is 6.07 Å². The zero-order chi connectivity index (χ0) is 17.6. The van der Waals surface area contributed by atoms with Gasteiger partial charge < -0.3 is 9.84 Å². The summed E-state index contributed by atoms with van der Waals surface area (Å²) >= 11 is 6.39. The van der Waals surface area contributed by atoms with Gasteiger partial charge in [0.1, 0.15) is 11.5 Å². The summed E-state index contributed by atoms with van der Waals surface area (Å²) in [6.07, 6.45) is -4.30. The Bertz CT molecular complexity index is 658. The second-order valence-corrected chi connectivity index (χ2v) is 6.58. The normalized spacial score (nSPS) is 10.7. The lowest BCUT2D eigenvalue weighted by molar-refractivity contribution is -0.153. The van der Waals surface area contributed by atoms with Gasteiger partial charge in [-0.25, -0.2) is 0 Å². The van der Waals surface area contributed by atoms with Crippen molar-refractivity contribution in [3.63, 3.8) is 0 Å². The Labute approximate surface area is 149 Å². The van der Waals surface area contributed by atoms with E-state index in [1.54, 1.807) is 25.1 Å². The molecule has 2 aromatic carbocycles. The predicted molar refractivity (Wildman–Crippen MR) is 91.0 cm³/mol. The molecule has 1 N–H and O–H groups in total. The fraction of sp³-hybridized carbons (Fsp3) is 0.250. The van der Waals surface area contributed by atoms with Crippen molar-refractivity contribution in [3.05, 3.63) is 56.5 Å². The molecule has 7 heteroatoms. The molecule has 0 radical (unpaired) electrons. The molecule has 2 aromatic rings. The largest absolute Gasteiger partial charge is 0.508 e. The van der Waals surface area contributed by atoms with Crippen molar-refractivity contribution in [1.82, 2.24) is 0 Å². The maximum Gasteiger partial charge on any atom is 0.422 e. The first-order chi connectivity index (χ1) is 10.6. The summed E-state index contributed by atoms with van der Waals surface area (Å²) in [5, 5.41) is 9.07. The summed E-state index contributed by atoms with van der Waals surface area (Å²) in [6.45, 7) is 2.30. The molecule has 0 aliphatic rings. The molecule has 0 unspecified atom stereocenters. The molecule has 0 aromatic heterocycles. The van der Waals surface area contributed by atoms with E-state index >= 15 is 0 Å². The molecular formula is C16H15Br2F3O2. The Morgan fingerprint density at radius 2 is 1.48 bits per heavy atom. The third kappa shape index (κ3) is 7.74. The van der Waals surface area contributed by atoms with Gasteiger partial charge in [-0.2, -0.15) is 13.2 Å². The van der Waals surface area contributed by atoms with Crippen molar-refractivity contribution in [3.8, 4) is 11.5 Å². The highest BCUT2D eigenvalue weighted by molar-refractivity contribution is 9.10. The molecule has 0 amide bonds. The van der Waals surface area contributed by atoms with Crippen LogP contribution in [-0.4, -0.2) is 17.9 Å². The molecule has 0 fully saturated rings. The molecule has 0 spiro atoms. The second-order valence-electron chi connectivity index (χ2n) is 4.74. The lowest BCUT2D eigenvalue weighted by Gasteiger charge is -2.11. The Kier molecular flexibility index (Phi) is 7.41. The van der Waals surface area contributed by atoms with E-state index in [1.807, 2.05) is 19.1 Å². The number of ether oxygens (including phenoxy) is 1. The molecule has 0 aliphatic heterocycles. The van der Waals surface area contributed by atoms with Gasteiger partial charge in [-0.3, -0.25) is 0 Å². The number of benzene rings is 2. The standard InChI is InChI=1S/C9H8BrF3O.C7H7BrO/c1-6-2-3-7(10)4-8(6)14-5-9(11,12)13;1-5-2-3-6(8)4-7(5)9/h2-4H,5H2,1H3;2-4,9H,1H3. The SMILES string of the molecule is Cc1ccc(Br)cc1O.Cc1ccc(Br)cc1OCC(F)(F)F. The van der Waals surface area contributed by atoms with E-state index in [0.717, 1.165) is 10.0 Å². The number of halogens is 5. The van der Waals surface area contributed by atoms with Crippen LogP contribution in [0.2, 0.25) is 0 Å². The van der Waals surface area contributed by atoms with E-state index in [2.05, 4.69) is 36.6 Å². The number of rotatable bonds is 2. The number of phenolic OH excluding ortho intramolecular Hbond substituents is 1. The summed E-state index contributed by atoms with van der Waals surface area (Å²) in [7, 11) is 0. The van der Waals surface area contributed by atoms with Gasteiger partial charge in [0.2, 0.25) is 0 Å². The van der Waals surface area contributed by atoms with E-state index in [-0.39, 0.29) is 5.75 Å². The van der Waals surface area contributed by atoms with Crippen LogP contribution in [0.5, 0.6) is 11.5 Å². The minimum Gasteiger partial charge on any atom is -0.508 e. The number of hydrogen-bond donors (Lipinski definition) is 1. The zero-order valence-electron chi connectivity index (χ0n) is 12.4. The highest BCUT2D eigenvalue weighted by Gasteiger charge is 2.28. The molecule has 23 heavy (non-hydrogen) atoms. The maximum absolute atomic E-state index is 11.8. The number of alkyl halides is 3. The first-order valence-electron chi connectivity index (χ1n) is 6.49. The van der Waals surface area contributed by atoms with Crippen LogP contribution in [0.25, 0.3) is 0 Å². The van der Waals surface area contributed by atoms with Crippen molar-refractivity contribution in [2.75, 3.05) is 6.61 Å². The third-order valence-electron chi connectivity index (χ3n) is 2.71. The zero-order valence-corrected chi connectivity index (χ0v) is 15.6. The summed E-state index contributed by atoms with van der Waals surface area (Å²) in [5.74, 6) is 0.584. The molecule has 0 atom stereocenters. The monoisotopic (exact) mass is 454 g/mol. The Hall–Kier alpha value is -1.21. The van der Waals surface area contributed by atoms with Crippen LogP contribution < -0.4 is 4.74 Å². The van der Waals surface area contributed by atoms with Crippen LogP contribution in [-0.2, 0) is 0 Å². The molecule has 0 heterocycles. The van der Waals surface area contributed by atoms with Crippen LogP contribution in [0, 0.1) is 13.8 Å². The smallest absolute Gasteiger partial charge is 0.422 e. The maximum atomic E-state index is 11.8. The summed E-state index contributed by atoms with van der Waals surface area (Å²) in [6, 6.07) is 10.4. The minimum atomic E-state index is -4.30. The van der Waals surface area contributed by atoms with Gasteiger partial charge in [0.05, 0.1) is 0 Å². The van der Waals surface area contributed by atoms with Crippen molar-refractivity contribution < 1.29 is 23.0 Å². The molecule has 2 nitrogen and oxygen atoms in total. The first kappa shape index (κ1) is 19.8. The lowest BCUT2D eigenvalue weighted by Crippen LogP contribution is -2.19. The van der Waals surface area contributed by atoms with Crippen LogP contribution in [0.1, 0.15) is 11.1 Å². The van der Waals surface area contributed by atoms with Crippen LogP contribution in [0.3, 0.4) is 0 Å². The fourth-order valence-electron chi connectivity index (χ4n) is 1.47. The minimum absolute atomic E-state index is 0.247. The molecule has 126 valence electrons. The second kappa shape index (κ2) is 8.59. The van der Waals surface area contributed by atoms with Gasteiger partial charge in [0, 0.05) is 8.95 Å². The van der Waals surface area contributed by atoms with Gasteiger partial charge in [0.15, 0.2) is 6.61 Å². The molecule has 0 aliphatic carbocycles. The van der Waals surface area contributed by atoms with Gasteiger partial charge in [0.25, 0.3) is 0 Å². The number of phenols is 1. The Balaban J connectivity index is 0.000000253. The topological polar surface area (TPSA) is 29.5 Å². The fourth-order valence-corrected chi connectivity index (χ4v) is 2.16. The average Bonchev–Trinajstić information content (AvgIpc) is 2.44. The molecular weight excluding hydrogens is 441 g/mol. The molecule has 2 rings (SSSR count). The van der Waals surface area contributed by atoms with Crippen molar-refractivity contribution in [2.45, 2.75) is 20.0 Å². The van der Waals surface area contributed by atoms with Gasteiger partial charge in [-0.1, -0.05) is 44.0 Å². The van der Waals surface area contributed by atoms with Gasteiger partial charge in [-0.05, 0) is 49.2 Å². The summed E-state index contributed by atoms with van der Waals surface area (Å²) in [5.41, 5.74) is 1.58. The van der Waals surface area contributed by atoms with Crippen LogP contribution >= 0.6 is 31.9 Å². The van der Waals surface area contributed by atoms with Crippen LogP contribution in [0.4, 0.5) is 13.2 Å². The summed E-state index contributed by atoms with van der Waals surface area (Å²) in [4.78, 5) is 0. The number of hydrogen-bond acceptors (Lipinski definition) is 2. The van der Waals surface area contributed by atoms with Gasteiger partial charge >= 0.3 is 6.18 Å². The van der Waals surface area contributed by atoms with Crippen molar-refractivity contribution in [1.29, 1.82) is 0 Å². The first-order valence-corrected chi connectivity index (χ1v) is 8.08. The molecule has 0 saturated carbocycles. The highest BCUT2D eigenvalue weighted by atomic mass is 79.9. The summed E-state index contributed by atoms with van der Waals surface area (Å²) < 4.78 is 41.7. The van der Waals surface area contributed by atoms with E-state index in [0.29, 0.717) is 15.8 Å².